The summed E-state index contributed by atoms with van der Waals surface area (Å²) in [5.41, 5.74) is 10.5. The number of H-pyrrole nitrogens is 1. The normalized spacial score (nSPS) is 12.4. The summed E-state index contributed by atoms with van der Waals surface area (Å²) in [6, 6.07) is -1.16. The van der Waals surface area contributed by atoms with Crippen LogP contribution in [0.1, 0.15) is 17.6 Å². The second-order valence-corrected chi connectivity index (χ2v) is 4.09. The summed E-state index contributed by atoms with van der Waals surface area (Å²) in [5, 5.41) is 8.55. The Morgan fingerprint density at radius 1 is 1.50 bits per heavy atom. The van der Waals surface area contributed by atoms with Crippen LogP contribution in [0.4, 0.5) is 5.95 Å². The molecule has 0 aliphatic rings. The number of carboxylic acids is 1. The molecule has 0 saturated carbocycles. The van der Waals surface area contributed by atoms with Gasteiger partial charge >= 0.3 is 5.97 Å². The van der Waals surface area contributed by atoms with Crippen molar-refractivity contribution in [3.63, 3.8) is 0 Å². The fraction of sp³-hybridized carbons (Fsp3) is 0.300. The predicted octanol–water partition coefficient (Wildman–Crippen LogP) is -1.47. The van der Waals surface area contributed by atoms with Crippen molar-refractivity contribution in [3.05, 3.63) is 16.7 Å². The molecular weight excluding hydrogens is 268 g/mol. The molecule has 0 aromatic carbocycles. The highest BCUT2D eigenvalue weighted by Crippen LogP contribution is 2.06. The third-order valence-electron chi connectivity index (χ3n) is 2.69. The number of fused-ring (bicyclic) bond motifs is 1. The number of hydrogen-bond donors (Lipinski definition) is 4. The summed E-state index contributed by atoms with van der Waals surface area (Å²) in [6.07, 6.45) is 0.847. The molecule has 20 heavy (non-hydrogen) atoms. The zero-order chi connectivity index (χ0) is 14.9. The zero-order valence-corrected chi connectivity index (χ0v) is 10.2. The van der Waals surface area contributed by atoms with E-state index < -0.39 is 23.5 Å². The van der Waals surface area contributed by atoms with Crippen LogP contribution >= 0.6 is 0 Å². The molecule has 106 valence electrons. The number of nitrogens with zero attached hydrogens (tertiary/aromatic N) is 3. The number of carboxylic acid groups (broad SMARTS) is 1. The Morgan fingerprint density at radius 2 is 2.20 bits per heavy atom. The van der Waals surface area contributed by atoms with Gasteiger partial charge in [0.05, 0.1) is 12.4 Å². The summed E-state index contributed by atoms with van der Waals surface area (Å²) in [7, 11) is 0. The number of imidazole rings is 1. The smallest absolute Gasteiger partial charge is 0.303 e. The van der Waals surface area contributed by atoms with Gasteiger partial charge in [0.1, 0.15) is 0 Å². The van der Waals surface area contributed by atoms with E-state index in [2.05, 4.69) is 15.0 Å². The number of rotatable bonds is 4. The molecule has 0 amide bonds. The predicted molar refractivity (Wildman–Crippen MR) is 68.0 cm³/mol. The van der Waals surface area contributed by atoms with Crippen molar-refractivity contribution in [3.8, 4) is 0 Å². The number of carbonyl (C=O) groups is 2. The Morgan fingerprint density at radius 3 is 2.85 bits per heavy atom. The van der Waals surface area contributed by atoms with Gasteiger partial charge in [-0.2, -0.15) is 4.98 Å². The summed E-state index contributed by atoms with van der Waals surface area (Å²) < 4.78 is 0.618. The van der Waals surface area contributed by atoms with Gasteiger partial charge in [-0.05, 0) is 6.42 Å². The van der Waals surface area contributed by atoms with Gasteiger partial charge in [0.25, 0.3) is 11.5 Å². The first-order valence-electron chi connectivity index (χ1n) is 5.65. The quantitative estimate of drug-likeness (QED) is 0.526. The highest BCUT2D eigenvalue weighted by Gasteiger charge is 2.22. The van der Waals surface area contributed by atoms with Crippen LogP contribution in [0.5, 0.6) is 0 Å². The minimum absolute atomic E-state index is 0.0259. The molecule has 2 rings (SSSR count). The molecule has 1 unspecified atom stereocenters. The van der Waals surface area contributed by atoms with Gasteiger partial charge in [0.15, 0.2) is 11.2 Å². The van der Waals surface area contributed by atoms with Gasteiger partial charge < -0.3 is 21.6 Å². The maximum atomic E-state index is 12.1. The Labute approximate surface area is 111 Å². The summed E-state index contributed by atoms with van der Waals surface area (Å²) >= 11 is 0. The maximum absolute atomic E-state index is 12.1. The first-order valence-corrected chi connectivity index (χ1v) is 5.65. The molecule has 2 heterocycles. The minimum atomic E-state index is -1.16. The van der Waals surface area contributed by atoms with E-state index in [1.807, 2.05) is 0 Å². The van der Waals surface area contributed by atoms with Gasteiger partial charge in [-0.25, -0.2) is 9.55 Å². The molecule has 0 radical (unpaired) electrons. The van der Waals surface area contributed by atoms with Crippen molar-refractivity contribution in [2.24, 2.45) is 5.73 Å². The number of aliphatic carboxylic acids is 1. The van der Waals surface area contributed by atoms with E-state index in [-0.39, 0.29) is 30.0 Å². The number of aromatic nitrogens is 4. The Balaban J connectivity index is 2.39. The monoisotopic (exact) mass is 280 g/mol. The molecule has 2 aromatic rings. The Hall–Kier alpha value is -2.75. The van der Waals surface area contributed by atoms with Crippen LogP contribution in [-0.4, -0.2) is 42.5 Å². The van der Waals surface area contributed by atoms with Crippen LogP contribution in [0.15, 0.2) is 11.1 Å². The fourth-order valence-electron chi connectivity index (χ4n) is 1.68. The standard InChI is InChI=1S/C10H12N6O4/c11-4(1-2-5(17)18)8(19)16-9(20)6-7(14-3-13-6)15-10(16)12/h3-4H,1-2,11H2,(H2,12,15)(H,13,14)(H,17,18). The van der Waals surface area contributed by atoms with Gasteiger partial charge in [-0.1, -0.05) is 0 Å². The van der Waals surface area contributed by atoms with E-state index in [1.54, 1.807) is 0 Å². The SMILES string of the molecule is Nc1nc2nc[nH]c2c(=O)n1C(=O)C(N)CCC(=O)O. The Kier molecular flexibility index (Phi) is 3.48. The molecular formula is C10H12N6O4. The number of anilines is 1. The average Bonchev–Trinajstić information content (AvgIpc) is 2.83. The van der Waals surface area contributed by atoms with Crippen LogP contribution in [-0.2, 0) is 4.79 Å². The van der Waals surface area contributed by atoms with E-state index in [9.17, 15) is 14.4 Å². The number of carbonyl (C=O) groups excluding carboxylic acids is 1. The molecule has 6 N–H and O–H groups in total. The number of nitrogens with one attached hydrogen (secondary N) is 1. The molecule has 2 aromatic heterocycles. The highest BCUT2D eigenvalue weighted by molar-refractivity contribution is 5.88. The van der Waals surface area contributed by atoms with Crippen molar-refractivity contribution < 1.29 is 14.7 Å². The van der Waals surface area contributed by atoms with E-state index in [0.717, 1.165) is 0 Å². The van der Waals surface area contributed by atoms with E-state index in [4.69, 9.17) is 16.6 Å². The van der Waals surface area contributed by atoms with Crippen molar-refractivity contribution >= 4 is 29.0 Å². The van der Waals surface area contributed by atoms with Crippen molar-refractivity contribution in [2.45, 2.75) is 18.9 Å². The van der Waals surface area contributed by atoms with Crippen molar-refractivity contribution in [1.29, 1.82) is 0 Å². The molecule has 0 aliphatic carbocycles. The molecule has 0 bridgehead atoms. The molecule has 1 atom stereocenters. The van der Waals surface area contributed by atoms with Crippen LogP contribution < -0.4 is 17.0 Å². The third-order valence-corrected chi connectivity index (χ3v) is 2.69. The van der Waals surface area contributed by atoms with E-state index >= 15 is 0 Å². The topological polar surface area (TPSA) is 170 Å². The van der Waals surface area contributed by atoms with Gasteiger partial charge in [-0.15, -0.1) is 0 Å². The lowest BCUT2D eigenvalue weighted by Crippen LogP contribution is -2.41. The number of hydrogen-bond acceptors (Lipinski definition) is 7. The molecule has 0 saturated heterocycles. The average molecular weight is 280 g/mol. The van der Waals surface area contributed by atoms with Gasteiger partial charge in [0, 0.05) is 6.42 Å². The molecule has 0 fully saturated rings. The number of aromatic amines is 1. The number of nitrogens with two attached hydrogens (primary N) is 2. The van der Waals surface area contributed by atoms with E-state index in [0.29, 0.717) is 4.57 Å². The van der Waals surface area contributed by atoms with Gasteiger partial charge in [-0.3, -0.25) is 14.4 Å². The summed E-state index contributed by atoms with van der Waals surface area (Å²) in [6.45, 7) is 0. The Bertz CT molecular complexity index is 733. The van der Waals surface area contributed by atoms with Crippen molar-refractivity contribution in [1.82, 2.24) is 19.5 Å². The second kappa shape index (κ2) is 5.09. The molecule has 0 aliphatic heterocycles. The molecule has 10 heteroatoms. The fourth-order valence-corrected chi connectivity index (χ4v) is 1.68. The van der Waals surface area contributed by atoms with Crippen LogP contribution in [0.2, 0.25) is 0 Å². The first kappa shape index (κ1) is 13.7. The number of nitrogen functional groups attached to an aromatic ring is 1. The van der Waals surface area contributed by atoms with Crippen LogP contribution in [0.25, 0.3) is 11.2 Å². The molecule has 10 nitrogen and oxygen atoms in total. The second-order valence-electron chi connectivity index (χ2n) is 4.09. The lowest BCUT2D eigenvalue weighted by atomic mass is 10.1. The van der Waals surface area contributed by atoms with Crippen LogP contribution in [0, 0.1) is 0 Å². The lowest BCUT2D eigenvalue weighted by molar-refractivity contribution is -0.137. The molecule has 0 spiro atoms. The third kappa shape index (κ3) is 2.36. The lowest BCUT2D eigenvalue weighted by Gasteiger charge is -2.12. The van der Waals surface area contributed by atoms with Crippen LogP contribution in [0.3, 0.4) is 0 Å². The van der Waals surface area contributed by atoms with Crippen molar-refractivity contribution in [2.75, 3.05) is 5.73 Å². The van der Waals surface area contributed by atoms with E-state index in [1.165, 1.54) is 6.33 Å². The maximum Gasteiger partial charge on any atom is 0.303 e. The van der Waals surface area contributed by atoms with Gasteiger partial charge in [0.2, 0.25) is 5.95 Å². The zero-order valence-electron chi connectivity index (χ0n) is 10.2. The minimum Gasteiger partial charge on any atom is -0.481 e. The first-order chi connectivity index (χ1) is 9.41. The summed E-state index contributed by atoms with van der Waals surface area (Å²) in [4.78, 5) is 44.7. The largest absolute Gasteiger partial charge is 0.481 e. The summed E-state index contributed by atoms with van der Waals surface area (Å²) in [5.74, 6) is -2.24. The highest BCUT2D eigenvalue weighted by atomic mass is 16.4.